The van der Waals surface area contributed by atoms with Crippen LogP contribution in [0.5, 0.6) is 0 Å². The van der Waals surface area contributed by atoms with E-state index >= 15 is 0 Å². The fraction of sp³-hybridized carbons (Fsp3) is 0.417. The minimum Gasteiger partial charge on any atom is -0.355 e. The average molecular weight is 222 g/mol. The van der Waals surface area contributed by atoms with Gasteiger partial charge in [0.1, 0.15) is 5.82 Å². The lowest BCUT2D eigenvalue weighted by Crippen LogP contribution is -2.48. The number of hydrogen-bond donors (Lipinski definition) is 2. The highest BCUT2D eigenvalue weighted by atomic mass is 19.1. The summed E-state index contributed by atoms with van der Waals surface area (Å²) < 4.78 is 12.9. The van der Waals surface area contributed by atoms with Crippen LogP contribution in [0.25, 0.3) is 0 Å². The summed E-state index contributed by atoms with van der Waals surface area (Å²) in [5.74, 6) is 0.211. The van der Waals surface area contributed by atoms with E-state index in [1.807, 2.05) is 0 Å². The van der Waals surface area contributed by atoms with Gasteiger partial charge in [-0.25, -0.2) is 4.39 Å². The molecule has 0 atom stereocenters. The van der Waals surface area contributed by atoms with Crippen molar-refractivity contribution in [2.24, 2.45) is 5.92 Å². The van der Waals surface area contributed by atoms with Gasteiger partial charge in [0.05, 0.1) is 6.42 Å². The zero-order chi connectivity index (χ0) is 11.4. The van der Waals surface area contributed by atoms with Crippen LogP contribution in [0.3, 0.4) is 0 Å². The summed E-state index contributed by atoms with van der Waals surface area (Å²) in [5.41, 5.74) is 0.712. The lowest BCUT2D eigenvalue weighted by molar-refractivity contribution is -0.120. The van der Waals surface area contributed by atoms with Gasteiger partial charge in [-0.05, 0) is 17.7 Å². The van der Waals surface area contributed by atoms with Crippen molar-refractivity contribution in [3.63, 3.8) is 0 Å². The van der Waals surface area contributed by atoms with E-state index in [0.29, 0.717) is 18.0 Å². The minimum absolute atomic E-state index is 0.0440. The van der Waals surface area contributed by atoms with E-state index < -0.39 is 0 Å². The molecule has 1 heterocycles. The van der Waals surface area contributed by atoms with Gasteiger partial charge in [-0.2, -0.15) is 0 Å². The molecule has 0 unspecified atom stereocenters. The molecule has 3 nitrogen and oxygen atoms in total. The third-order valence-corrected chi connectivity index (χ3v) is 2.71. The van der Waals surface area contributed by atoms with E-state index in [1.54, 1.807) is 12.1 Å². The van der Waals surface area contributed by atoms with Crippen molar-refractivity contribution in [1.29, 1.82) is 0 Å². The van der Waals surface area contributed by atoms with E-state index in [1.165, 1.54) is 12.1 Å². The maximum absolute atomic E-state index is 12.9. The predicted octanol–water partition coefficient (Wildman–Crippen LogP) is 0.704. The summed E-state index contributed by atoms with van der Waals surface area (Å²) in [6.07, 6.45) is 0.248. The summed E-state index contributed by atoms with van der Waals surface area (Å²) >= 11 is 0. The van der Waals surface area contributed by atoms with E-state index in [2.05, 4.69) is 10.6 Å². The number of carbonyl (C=O) groups is 1. The van der Waals surface area contributed by atoms with Crippen molar-refractivity contribution in [1.82, 2.24) is 10.6 Å². The summed E-state index contributed by atoms with van der Waals surface area (Å²) in [5, 5.41) is 5.99. The maximum atomic E-state index is 12.9. The van der Waals surface area contributed by atoms with Crippen LogP contribution in [-0.4, -0.2) is 25.5 Å². The second-order valence-corrected chi connectivity index (χ2v) is 4.14. The molecule has 2 N–H and O–H groups in total. The monoisotopic (exact) mass is 222 g/mol. The third kappa shape index (κ3) is 3.03. The average Bonchev–Trinajstić information content (AvgIpc) is 2.15. The second kappa shape index (κ2) is 5.07. The number of carbonyl (C=O) groups excluding carboxylic acids is 1. The molecule has 1 aliphatic rings. The van der Waals surface area contributed by atoms with Crippen LogP contribution in [0, 0.1) is 11.7 Å². The number of hydrogen-bond acceptors (Lipinski definition) is 2. The van der Waals surface area contributed by atoms with Crippen molar-refractivity contribution in [2.75, 3.05) is 19.6 Å². The van der Waals surface area contributed by atoms with Crippen LogP contribution in [-0.2, 0) is 11.2 Å². The van der Waals surface area contributed by atoms with Crippen LogP contribution in [0.1, 0.15) is 5.56 Å². The molecular formula is C12H15FN2O. The van der Waals surface area contributed by atoms with Crippen LogP contribution >= 0.6 is 0 Å². The summed E-state index contributed by atoms with van der Waals surface area (Å²) in [6.45, 7) is 2.65. The third-order valence-electron chi connectivity index (χ3n) is 2.71. The molecule has 0 aliphatic carbocycles. The molecule has 4 heteroatoms. The molecule has 1 fully saturated rings. The molecular weight excluding hydrogens is 207 g/mol. The Morgan fingerprint density at radius 1 is 1.50 bits per heavy atom. The Morgan fingerprint density at radius 3 is 2.94 bits per heavy atom. The topological polar surface area (TPSA) is 41.1 Å². The SMILES string of the molecule is O=C(Cc1cccc(F)c1)NCC1CNC1. The Balaban J connectivity index is 1.77. The molecule has 1 amide bonds. The number of halogens is 1. The lowest BCUT2D eigenvalue weighted by Gasteiger charge is -2.27. The molecule has 0 saturated carbocycles. The number of amides is 1. The first-order valence-electron chi connectivity index (χ1n) is 5.46. The van der Waals surface area contributed by atoms with Crippen molar-refractivity contribution >= 4 is 5.91 Å². The highest BCUT2D eigenvalue weighted by Gasteiger charge is 2.17. The Kier molecular flexibility index (Phi) is 3.51. The van der Waals surface area contributed by atoms with Gasteiger partial charge in [-0.3, -0.25) is 4.79 Å². The van der Waals surface area contributed by atoms with Crippen molar-refractivity contribution in [3.05, 3.63) is 35.6 Å². The Morgan fingerprint density at radius 2 is 2.31 bits per heavy atom. The Hall–Kier alpha value is -1.42. The molecule has 1 aliphatic heterocycles. The zero-order valence-electron chi connectivity index (χ0n) is 9.00. The molecule has 0 bridgehead atoms. The highest BCUT2D eigenvalue weighted by Crippen LogP contribution is 2.05. The molecule has 2 rings (SSSR count). The van der Waals surface area contributed by atoms with Crippen molar-refractivity contribution in [3.8, 4) is 0 Å². The van der Waals surface area contributed by atoms with Crippen molar-refractivity contribution < 1.29 is 9.18 Å². The zero-order valence-corrected chi connectivity index (χ0v) is 9.00. The van der Waals surface area contributed by atoms with Gasteiger partial charge < -0.3 is 10.6 Å². The molecule has 1 aromatic carbocycles. The van der Waals surface area contributed by atoms with Crippen LogP contribution in [0.4, 0.5) is 4.39 Å². The standard InChI is InChI=1S/C12H15FN2O/c13-11-3-1-2-9(4-11)5-12(16)15-8-10-6-14-7-10/h1-4,10,14H,5-8H2,(H,15,16). The number of rotatable bonds is 4. The minimum atomic E-state index is -0.298. The van der Waals surface area contributed by atoms with E-state index in [0.717, 1.165) is 13.1 Å². The van der Waals surface area contributed by atoms with Gasteiger partial charge >= 0.3 is 0 Å². The molecule has 86 valence electrons. The first-order chi connectivity index (χ1) is 7.74. The van der Waals surface area contributed by atoms with Crippen LogP contribution < -0.4 is 10.6 Å². The fourth-order valence-electron chi connectivity index (χ4n) is 1.65. The highest BCUT2D eigenvalue weighted by molar-refractivity contribution is 5.78. The van der Waals surface area contributed by atoms with E-state index in [-0.39, 0.29) is 18.1 Å². The largest absolute Gasteiger partial charge is 0.355 e. The van der Waals surface area contributed by atoms with Gasteiger partial charge in [-0.15, -0.1) is 0 Å². The van der Waals surface area contributed by atoms with Crippen LogP contribution in [0.2, 0.25) is 0 Å². The first kappa shape index (κ1) is 11.1. The molecule has 1 aromatic rings. The molecule has 0 radical (unpaired) electrons. The Labute approximate surface area is 94.0 Å². The second-order valence-electron chi connectivity index (χ2n) is 4.14. The molecule has 1 saturated heterocycles. The maximum Gasteiger partial charge on any atom is 0.224 e. The summed E-state index contributed by atoms with van der Waals surface area (Å²) in [7, 11) is 0. The van der Waals surface area contributed by atoms with Gasteiger partial charge in [0, 0.05) is 25.6 Å². The lowest BCUT2D eigenvalue weighted by atomic mass is 10.0. The van der Waals surface area contributed by atoms with Crippen LogP contribution in [0.15, 0.2) is 24.3 Å². The van der Waals surface area contributed by atoms with E-state index in [9.17, 15) is 9.18 Å². The van der Waals surface area contributed by atoms with Gasteiger partial charge in [0.25, 0.3) is 0 Å². The number of nitrogens with one attached hydrogen (secondary N) is 2. The van der Waals surface area contributed by atoms with E-state index in [4.69, 9.17) is 0 Å². The van der Waals surface area contributed by atoms with Crippen molar-refractivity contribution in [2.45, 2.75) is 6.42 Å². The van der Waals surface area contributed by atoms with Gasteiger partial charge in [0.2, 0.25) is 5.91 Å². The smallest absolute Gasteiger partial charge is 0.224 e. The molecule has 0 aromatic heterocycles. The number of benzene rings is 1. The quantitative estimate of drug-likeness (QED) is 0.787. The predicted molar refractivity (Wildman–Crippen MR) is 59.5 cm³/mol. The first-order valence-corrected chi connectivity index (χ1v) is 5.46. The van der Waals surface area contributed by atoms with Gasteiger partial charge in [-0.1, -0.05) is 12.1 Å². The Bertz CT molecular complexity index is 377. The normalized spacial score (nSPS) is 15.6. The fourth-order valence-corrected chi connectivity index (χ4v) is 1.65. The summed E-state index contributed by atoms with van der Waals surface area (Å²) in [4.78, 5) is 11.5. The molecule has 16 heavy (non-hydrogen) atoms. The summed E-state index contributed by atoms with van der Waals surface area (Å²) in [6, 6.07) is 6.15. The van der Waals surface area contributed by atoms with Gasteiger partial charge in [0.15, 0.2) is 0 Å². The molecule has 0 spiro atoms.